The average Bonchev–Trinajstić information content (AvgIpc) is 2.43. The molecule has 1 amide bonds. The lowest BCUT2D eigenvalue weighted by molar-refractivity contribution is -0.0422. The van der Waals surface area contributed by atoms with Crippen molar-refractivity contribution in [2.45, 2.75) is 51.4 Å². The van der Waals surface area contributed by atoms with Crippen LogP contribution >= 0.6 is 0 Å². The van der Waals surface area contributed by atoms with E-state index in [0.717, 1.165) is 10.8 Å². The Labute approximate surface area is 137 Å². The van der Waals surface area contributed by atoms with Crippen LogP contribution in [0.15, 0.2) is 15.8 Å². The van der Waals surface area contributed by atoms with Crippen molar-refractivity contribution in [3.05, 3.63) is 32.9 Å². The number of aliphatic hydroxyl groups is 1. The van der Waals surface area contributed by atoms with E-state index in [1.165, 1.54) is 4.90 Å². The molecule has 0 aromatic carbocycles. The van der Waals surface area contributed by atoms with E-state index in [0.29, 0.717) is 0 Å². The Morgan fingerprint density at radius 2 is 1.96 bits per heavy atom. The van der Waals surface area contributed by atoms with Gasteiger partial charge in [0.05, 0.1) is 18.3 Å². The summed E-state index contributed by atoms with van der Waals surface area (Å²) in [7, 11) is 0. The Hall–Kier alpha value is -2.16. The third-order valence-electron chi connectivity index (χ3n) is 3.78. The van der Waals surface area contributed by atoms with Crippen LogP contribution in [0.2, 0.25) is 0 Å². The third kappa shape index (κ3) is 4.44. The van der Waals surface area contributed by atoms with Crippen molar-refractivity contribution >= 4 is 6.09 Å². The first-order chi connectivity index (χ1) is 11.0. The number of hydrogen-bond donors (Lipinski definition) is 2. The number of carbonyl (C=O) groups excluding carboxylic acids is 1. The lowest BCUT2D eigenvalue weighted by Gasteiger charge is -2.38. The first-order valence-electron chi connectivity index (χ1n) is 7.69. The highest BCUT2D eigenvalue weighted by molar-refractivity contribution is 5.68. The van der Waals surface area contributed by atoms with Gasteiger partial charge >= 0.3 is 11.8 Å². The number of hydrogen-bond acceptors (Lipinski definition) is 5. The maximum atomic E-state index is 13.3. The molecule has 24 heavy (non-hydrogen) atoms. The normalized spacial score (nSPS) is 17.6. The van der Waals surface area contributed by atoms with Gasteiger partial charge in [-0.05, 0) is 33.6 Å². The number of carbonyl (C=O) groups is 1. The van der Waals surface area contributed by atoms with Crippen LogP contribution in [0.3, 0.4) is 0 Å². The molecule has 1 fully saturated rings. The molecule has 1 aliphatic rings. The van der Waals surface area contributed by atoms with Crippen LogP contribution in [0.1, 0.15) is 33.6 Å². The molecule has 2 N–H and O–H groups in total. The predicted octanol–water partition coefficient (Wildman–Crippen LogP) is 0.438. The minimum Gasteiger partial charge on any atom is -0.444 e. The van der Waals surface area contributed by atoms with Crippen molar-refractivity contribution in [2.75, 3.05) is 13.1 Å². The smallest absolute Gasteiger partial charge is 0.410 e. The molecule has 1 aromatic rings. The summed E-state index contributed by atoms with van der Waals surface area (Å²) in [5.74, 6) is -1.09. The van der Waals surface area contributed by atoms with Crippen molar-refractivity contribution in [1.82, 2.24) is 14.5 Å². The number of aromatic amines is 1. The second kappa shape index (κ2) is 6.39. The van der Waals surface area contributed by atoms with E-state index >= 15 is 0 Å². The van der Waals surface area contributed by atoms with Gasteiger partial charge in [0.2, 0.25) is 5.82 Å². The highest BCUT2D eigenvalue weighted by Crippen LogP contribution is 2.25. The lowest BCUT2D eigenvalue weighted by Crippen LogP contribution is -2.51. The second-order valence-corrected chi connectivity index (χ2v) is 7.06. The van der Waals surface area contributed by atoms with Gasteiger partial charge in [-0.2, -0.15) is 4.39 Å². The summed E-state index contributed by atoms with van der Waals surface area (Å²) in [6, 6.07) is 0. The zero-order valence-electron chi connectivity index (χ0n) is 14.0. The van der Waals surface area contributed by atoms with Crippen molar-refractivity contribution in [3.8, 4) is 0 Å². The standard InChI is InChI=1S/C15H22FN3O5/c1-14(2,3)24-13(22)18-6-4-15(23,5-7-18)9-19-8-10(16)11(20)17-12(19)21/h8,23H,4-7,9H2,1-3H3,(H,17,20,21). The molecular weight excluding hydrogens is 321 g/mol. The van der Waals surface area contributed by atoms with Gasteiger partial charge in [-0.1, -0.05) is 0 Å². The summed E-state index contributed by atoms with van der Waals surface area (Å²) in [6.45, 7) is 5.65. The van der Waals surface area contributed by atoms with E-state index in [-0.39, 0.29) is 32.5 Å². The third-order valence-corrected chi connectivity index (χ3v) is 3.78. The van der Waals surface area contributed by atoms with Crippen LogP contribution < -0.4 is 11.2 Å². The zero-order chi connectivity index (χ0) is 18.1. The number of likely N-dealkylation sites (tertiary alicyclic amines) is 1. The summed E-state index contributed by atoms with van der Waals surface area (Å²) in [4.78, 5) is 38.0. The number of nitrogens with one attached hydrogen (secondary N) is 1. The van der Waals surface area contributed by atoms with Crippen LogP contribution in [0.4, 0.5) is 9.18 Å². The van der Waals surface area contributed by atoms with Crippen molar-refractivity contribution in [1.29, 1.82) is 0 Å². The van der Waals surface area contributed by atoms with E-state index in [9.17, 15) is 23.9 Å². The van der Waals surface area contributed by atoms with Crippen molar-refractivity contribution in [2.24, 2.45) is 0 Å². The Bertz CT molecular complexity index is 726. The molecule has 0 radical (unpaired) electrons. The summed E-state index contributed by atoms with van der Waals surface area (Å²) in [6.07, 6.45) is 0.731. The molecule has 1 aromatic heterocycles. The Morgan fingerprint density at radius 3 is 2.50 bits per heavy atom. The number of piperidine rings is 1. The number of halogens is 1. The maximum absolute atomic E-state index is 13.3. The lowest BCUT2D eigenvalue weighted by atomic mass is 9.91. The molecule has 1 aliphatic heterocycles. The van der Waals surface area contributed by atoms with Gasteiger partial charge in [-0.15, -0.1) is 0 Å². The molecular formula is C15H22FN3O5. The van der Waals surface area contributed by atoms with Gasteiger partial charge in [-0.3, -0.25) is 14.3 Å². The molecule has 9 heteroatoms. The number of nitrogens with zero attached hydrogens (tertiary/aromatic N) is 2. The number of amides is 1. The average molecular weight is 343 g/mol. The number of rotatable bonds is 2. The van der Waals surface area contributed by atoms with Gasteiger partial charge < -0.3 is 14.7 Å². The van der Waals surface area contributed by atoms with Gasteiger partial charge in [0.1, 0.15) is 5.60 Å². The fourth-order valence-electron chi connectivity index (χ4n) is 2.51. The molecule has 1 saturated heterocycles. The molecule has 2 heterocycles. The molecule has 0 unspecified atom stereocenters. The largest absolute Gasteiger partial charge is 0.444 e. The Morgan fingerprint density at radius 1 is 1.38 bits per heavy atom. The Balaban J connectivity index is 2.03. The Kier molecular flexibility index (Phi) is 4.84. The molecule has 0 aliphatic carbocycles. The van der Waals surface area contributed by atoms with E-state index in [2.05, 4.69) is 0 Å². The van der Waals surface area contributed by atoms with Crippen molar-refractivity contribution < 1.29 is 19.0 Å². The van der Waals surface area contributed by atoms with Crippen LogP contribution in [-0.4, -0.2) is 49.9 Å². The number of H-pyrrole nitrogens is 1. The van der Waals surface area contributed by atoms with Crippen LogP contribution in [-0.2, 0) is 11.3 Å². The highest BCUT2D eigenvalue weighted by atomic mass is 19.1. The summed E-state index contributed by atoms with van der Waals surface area (Å²) >= 11 is 0. The number of aromatic nitrogens is 2. The van der Waals surface area contributed by atoms with Crippen LogP contribution in [0.25, 0.3) is 0 Å². The summed E-state index contributed by atoms with van der Waals surface area (Å²) in [5, 5.41) is 10.6. The summed E-state index contributed by atoms with van der Waals surface area (Å²) in [5.41, 5.74) is -3.76. The van der Waals surface area contributed by atoms with E-state index in [1.807, 2.05) is 4.98 Å². The zero-order valence-corrected chi connectivity index (χ0v) is 14.0. The monoisotopic (exact) mass is 343 g/mol. The van der Waals surface area contributed by atoms with Crippen LogP contribution in [0, 0.1) is 5.82 Å². The maximum Gasteiger partial charge on any atom is 0.410 e. The van der Waals surface area contributed by atoms with E-state index < -0.39 is 34.4 Å². The summed E-state index contributed by atoms with van der Waals surface area (Å²) < 4.78 is 19.5. The van der Waals surface area contributed by atoms with E-state index in [1.54, 1.807) is 20.8 Å². The number of ether oxygens (including phenoxy) is 1. The van der Waals surface area contributed by atoms with Crippen molar-refractivity contribution in [3.63, 3.8) is 0 Å². The van der Waals surface area contributed by atoms with Gasteiger partial charge in [-0.25, -0.2) is 9.59 Å². The fraction of sp³-hybridized carbons (Fsp3) is 0.667. The second-order valence-electron chi connectivity index (χ2n) is 7.06. The first kappa shape index (κ1) is 18.2. The molecule has 2 rings (SSSR count). The van der Waals surface area contributed by atoms with Gasteiger partial charge in [0, 0.05) is 13.1 Å². The molecule has 0 atom stereocenters. The van der Waals surface area contributed by atoms with Gasteiger partial charge in [0.25, 0.3) is 5.56 Å². The molecule has 0 bridgehead atoms. The molecule has 8 nitrogen and oxygen atoms in total. The predicted molar refractivity (Wildman–Crippen MR) is 83.3 cm³/mol. The van der Waals surface area contributed by atoms with Crippen LogP contribution in [0.5, 0.6) is 0 Å². The molecule has 134 valence electrons. The quantitative estimate of drug-likeness (QED) is 0.811. The minimum absolute atomic E-state index is 0.165. The fourth-order valence-corrected chi connectivity index (χ4v) is 2.51. The topological polar surface area (TPSA) is 105 Å². The SMILES string of the molecule is CC(C)(C)OC(=O)N1CCC(O)(Cn2cc(F)c(=O)[nH]c2=O)CC1. The van der Waals surface area contributed by atoms with Gasteiger partial charge in [0.15, 0.2) is 0 Å². The molecule has 0 spiro atoms. The first-order valence-corrected chi connectivity index (χ1v) is 7.69. The minimum atomic E-state index is -1.27. The highest BCUT2D eigenvalue weighted by Gasteiger charge is 2.36. The molecule has 0 saturated carbocycles. The van der Waals surface area contributed by atoms with E-state index in [4.69, 9.17) is 4.74 Å².